The Morgan fingerprint density at radius 3 is 2.81 bits per heavy atom. The summed E-state index contributed by atoms with van der Waals surface area (Å²) in [6, 6.07) is 8.38. The molecule has 0 unspecified atom stereocenters. The quantitative estimate of drug-likeness (QED) is 0.604. The highest BCUT2D eigenvalue weighted by molar-refractivity contribution is 5.83. The van der Waals surface area contributed by atoms with Gasteiger partial charge in [0.2, 0.25) is 0 Å². The van der Waals surface area contributed by atoms with Crippen molar-refractivity contribution in [2.75, 3.05) is 6.54 Å². The van der Waals surface area contributed by atoms with E-state index >= 15 is 0 Å². The van der Waals surface area contributed by atoms with Gasteiger partial charge in [-0.2, -0.15) is 0 Å². The van der Waals surface area contributed by atoms with Crippen molar-refractivity contribution in [3.63, 3.8) is 0 Å². The van der Waals surface area contributed by atoms with Gasteiger partial charge in [-0.15, -0.1) is 0 Å². The highest BCUT2D eigenvalue weighted by Gasteiger charge is 2.03. The van der Waals surface area contributed by atoms with Crippen molar-refractivity contribution in [2.45, 2.75) is 27.2 Å². The number of nitrogens with one attached hydrogen (secondary N) is 2. The number of fused-ring (bicyclic) bond motifs is 1. The summed E-state index contributed by atoms with van der Waals surface area (Å²) >= 11 is 0. The maximum Gasteiger partial charge on any atom is 0.0456 e. The molecular weight excluding hydrogens is 258 g/mol. The molecule has 1 aromatic heterocycles. The van der Waals surface area contributed by atoms with Crippen LogP contribution in [0.15, 0.2) is 59.5 Å². The second-order valence-electron chi connectivity index (χ2n) is 5.40. The highest BCUT2D eigenvalue weighted by Crippen LogP contribution is 2.17. The summed E-state index contributed by atoms with van der Waals surface area (Å²) < 4.78 is 0. The van der Waals surface area contributed by atoms with Gasteiger partial charge in [0, 0.05) is 41.3 Å². The third-order valence-electron chi connectivity index (χ3n) is 3.40. The third kappa shape index (κ3) is 4.09. The molecule has 3 heteroatoms. The van der Waals surface area contributed by atoms with Crippen LogP contribution in [-0.4, -0.2) is 17.2 Å². The zero-order valence-electron chi connectivity index (χ0n) is 13.0. The number of aromatic amines is 1. The lowest BCUT2D eigenvalue weighted by molar-refractivity contribution is 0.799. The Hall–Kier alpha value is -2.29. The van der Waals surface area contributed by atoms with Crippen molar-refractivity contribution in [1.29, 1.82) is 0 Å². The van der Waals surface area contributed by atoms with Crippen molar-refractivity contribution in [3.05, 3.63) is 60.1 Å². The summed E-state index contributed by atoms with van der Waals surface area (Å²) in [5.41, 5.74) is 5.56. The number of nitrogens with zero attached hydrogens (tertiary/aromatic N) is 1. The van der Waals surface area contributed by atoms with Crippen LogP contribution >= 0.6 is 0 Å². The predicted octanol–water partition coefficient (Wildman–Crippen LogP) is 4.20. The number of benzene rings is 1. The molecule has 0 fully saturated rings. The normalized spacial score (nSPS) is 11.5. The average Bonchev–Trinajstić information content (AvgIpc) is 2.88. The Bertz CT molecular complexity index is 685. The third-order valence-corrected chi connectivity index (χ3v) is 3.40. The Kier molecular flexibility index (Phi) is 4.99. The molecule has 0 radical (unpaired) electrons. The standard InChI is InChI=1S/C18H23N3/c1-13(2)20-11-14(3)15(4)19-10-9-16-12-21-18-8-6-5-7-17(16)18/h5-8,11-12,19,21H,4,9-10H2,1-3H3/b14-11+. The molecule has 1 heterocycles. The summed E-state index contributed by atoms with van der Waals surface area (Å²) in [7, 11) is 0. The lowest BCUT2D eigenvalue weighted by Gasteiger charge is -2.09. The van der Waals surface area contributed by atoms with Crippen LogP contribution in [0.2, 0.25) is 0 Å². The molecule has 0 spiro atoms. The molecule has 2 rings (SSSR count). The van der Waals surface area contributed by atoms with Gasteiger partial charge in [0.25, 0.3) is 0 Å². The molecule has 3 nitrogen and oxygen atoms in total. The summed E-state index contributed by atoms with van der Waals surface area (Å²) in [6.45, 7) is 10.9. The van der Waals surface area contributed by atoms with Crippen molar-refractivity contribution in [1.82, 2.24) is 10.3 Å². The van der Waals surface area contributed by atoms with E-state index in [2.05, 4.69) is 46.3 Å². The maximum atomic E-state index is 4.29. The molecule has 0 amide bonds. The Morgan fingerprint density at radius 1 is 1.29 bits per heavy atom. The van der Waals surface area contributed by atoms with Gasteiger partial charge in [-0.25, -0.2) is 0 Å². The summed E-state index contributed by atoms with van der Waals surface area (Å²) in [4.78, 5) is 7.60. The molecule has 0 atom stereocenters. The molecule has 1 aromatic carbocycles. The van der Waals surface area contributed by atoms with E-state index in [1.165, 1.54) is 16.5 Å². The first-order valence-electron chi connectivity index (χ1n) is 7.24. The zero-order valence-corrected chi connectivity index (χ0v) is 13.0. The number of hydrogen-bond acceptors (Lipinski definition) is 2. The van der Waals surface area contributed by atoms with Crippen LogP contribution in [0, 0.1) is 0 Å². The van der Waals surface area contributed by atoms with Crippen LogP contribution < -0.4 is 5.32 Å². The number of hydrogen-bond donors (Lipinski definition) is 2. The van der Waals surface area contributed by atoms with E-state index in [0.717, 1.165) is 29.9 Å². The molecule has 0 bridgehead atoms. The Morgan fingerprint density at radius 2 is 2.05 bits per heavy atom. The molecule has 0 saturated heterocycles. The monoisotopic (exact) mass is 281 g/mol. The second kappa shape index (κ2) is 6.93. The maximum absolute atomic E-state index is 4.29. The number of aliphatic imine (C=N–C) groups is 1. The zero-order chi connectivity index (χ0) is 15.2. The average molecular weight is 281 g/mol. The summed E-state index contributed by atoms with van der Waals surface area (Å²) in [5.74, 6) is 0. The SMILES string of the molecule is C=C(NCCc1c[nH]c2ccccc12)/C(C)=C/N=C(C)C. The van der Waals surface area contributed by atoms with Gasteiger partial charge in [-0.1, -0.05) is 24.8 Å². The van der Waals surface area contributed by atoms with Crippen LogP contribution in [0.4, 0.5) is 0 Å². The number of rotatable bonds is 6. The molecule has 21 heavy (non-hydrogen) atoms. The second-order valence-corrected chi connectivity index (χ2v) is 5.40. The minimum atomic E-state index is 0.862. The van der Waals surface area contributed by atoms with Gasteiger partial charge in [0.15, 0.2) is 0 Å². The fourth-order valence-electron chi connectivity index (χ4n) is 2.13. The van der Waals surface area contributed by atoms with Crippen LogP contribution in [0.1, 0.15) is 26.3 Å². The van der Waals surface area contributed by atoms with E-state index in [0.29, 0.717) is 0 Å². The number of allylic oxidation sites excluding steroid dienone is 1. The first-order chi connectivity index (χ1) is 10.1. The van der Waals surface area contributed by atoms with E-state index in [-0.39, 0.29) is 0 Å². The smallest absolute Gasteiger partial charge is 0.0456 e. The van der Waals surface area contributed by atoms with Gasteiger partial charge < -0.3 is 10.3 Å². The highest BCUT2D eigenvalue weighted by atomic mass is 14.9. The van der Waals surface area contributed by atoms with Crippen molar-refractivity contribution in [2.24, 2.45) is 4.99 Å². The van der Waals surface area contributed by atoms with Crippen LogP contribution in [0.25, 0.3) is 10.9 Å². The Balaban J connectivity index is 1.91. The lowest BCUT2D eigenvalue weighted by Crippen LogP contribution is -2.16. The van der Waals surface area contributed by atoms with Crippen molar-refractivity contribution in [3.8, 4) is 0 Å². The van der Waals surface area contributed by atoms with Gasteiger partial charge in [-0.05, 0) is 44.4 Å². The number of H-pyrrole nitrogens is 1. The fourth-order valence-corrected chi connectivity index (χ4v) is 2.13. The molecule has 0 aliphatic rings. The van der Waals surface area contributed by atoms with Gasteiger partial charge in [-0.3, -0.25) is 4.99 Å². The molecule has 0 aliphatic heterocycles. The van der Waals surface area contributed by atoms with E-state index in [4.69, 9.17) is 0 Å². The molecule has 2 N–H and O–H groups in total. The van der Waals surface area contributed by atoms with Crippen LogP contribution in [-0.2, 0) is 6.42 Å². The van der Waals surface area contributed by atoms with E-state index in [1.807, 2.05) is 33.0 Å². The first kappa shape index (κ1) is 15.1. The lowest BCUT2D eigenvalue weighted by atomic mass is 10.1. The van der Waals surface area contributed by atoms with Crippen LogP contribution in [0.5, 0.6) is 0 Å². The Labute approximate surface area is 126 Å². The van der Waals surface area contributed by atoms with E-state index in [1.54, 1.807) is 0 Å². The predicted molar refractivity (Wildman–Crippen MR) is 91.7 cm³/mol. The first-order valence-corrected chi connectivity index (χ1v) is 7.24. The van der Waals surface area contributed by atoms with Crippen LogP contribution in [0.3, 0.4) is 0 Å². The van der Waals surface area contributed by atoms with E-state index < -0.39 is 0 Å². The van der Waals surface area contributed by atoms with Gasteiger partial charge >= 0.3 is 0 Å². The van der Waals surface area contributed by atoms with Crippen molar-refractivity contribution >= 4 is 16.6 Å². The van der Waals surface area contributed by atoms with E-state index in [9.17, 15) is 0 Å². The molecule has 0 saturated carbocycles. The number of aromatic nitrogens is 1. The topological polar surface area (TPSA) is 40.2 Å². The minimum Gasteiger partial charge on any atom is -0.385 e. The van der Waals surface area contributed by atoms with Gasteiger partial charge in [0.1, 0.15) is 0 Å². The minimum absolute atomic E-state index is 0.862. The largest absolute Gasteiger partial charge is 0.385 e. The van der Waals surface area contributed by atoms with Crippen molar-refractivity contribution < 1.29 is 0 Å². The summed E-state index contributed by atoms with van der Waals surface area (Å²) in [6.07, 6.45) is 4.91. The summed E-state index contributed by atoms with van der Waals surface area (Å²) in [5, 5.41) is 4.66. The molecular formula is C18H23N3. The molecule has 0 aliphatic carbocycles. The molecule has 2 aromatic rings. The number of para-hydroxylation sites is 1. The molecule has 110 valence electrons. The fraction of sp³-hybridized carbons (Fsp3) is 0.278. The van der Waals surface area contributed by atoms with Gasteiger partial charge in [0.05, 0.1) is 0 Å².